The Morgan fingerprint density at radius 3 is 2.74 bits per heavy atom. The van der Waals surface area contributed by atoms with E-state index in [0.29, 0.717) is 5.56 Å². The molecule has 0 aliphatic heterocycles. The van der Waals surface area contributed by atoms with E-state index in [-0.39, 0.29) is 10.8 Å². The van der Waals surface area contributed by atoms with E-state index >= 15 is 0 Å². The molecule has 0 aliphatic rings. The third kappa shape index (κ3) is 3.30. The summed E-state index contributed by atoms with van der Waals surface area (Å²) in [4.78, 5) is 3.45. The highest BCUT2D eigenvalue weighted by atomic mass is 32.1. The van der Waals surface area contributed by atoms with Crippen molar-refractivity contribution in [2.75, 3.05) is 11.4 Å². The van der Waals surface area contributed by atoms with Gasteiger partial charge in [-0.2, -0.15) is 0 Å². The van der Waals surface area contributed by atoms with E-state index in [0.717, 1.165) is 18.8 Å². The van der Waals surface area contributed by atoms with Gasteiger partial charge in [0.15, 0.2) is 0 Å². The van der Waals surface area contributed by atoms with Crippen LogP contribution in [0.4, 0.5) is 10.1 Å². The van der Waals surface area contributed by atoms with Crippen molar-refractivity contribution in [1.82, 2.24) is 0 Å². The van der Waals surface area contributed by atoms with E-state index in [1.807, 2.05) is 24.4 Å². The average Bonchev–Trinajstić information content (AvgIpc) is 2.88. The number of halogens is 1. The third-order valence-corrected chi connectivity index (χ3v) is 3.97. The Bertz CT molecular complexity index is 567. The lowest BCUT2D eigenvalue weighted by Crippen LogP contribution is -2.22. The summed E-state index contributed by atoms with van der Waals surface area (Å²) in [5, 5.41) is 2.04. The van der Waals surface area contributed by atoms with Crippen LogP contribution in [0.1, 0.15) is 17.4 Å². The standard InChI is InChI=1S/C14H15FN2S2/c1-2-17(9-11-4-3-7-19-11)10-5-6-12(14(16)18)13(15)8-10/h3-8H,2,9H2,1H3,(H2,16,18). The van der Waals surface area contributed by atoms with Crippen LogP contribution in [-0.2, 0) is 6.54 Å². The molecule has 1 heterocycles. The molecule has 2 nitrogen and oxygen atoms in total. The number of thiophene rings is 1. The summed E-state index contributed by atoms with van der Waals surface area (Å²) in [6.45, 7) is 3.64. The number of benzene rings is 1. The number of rotatable bonds is 5. The second-order valence-electron chi connectivity index (χ2n) is 4.12. The van der Waals surface area contributed by atoms with Crippen molar-refractivity contribution in [3.05, 3.63) is 52.0 Å². The first kappa shape index (κ1) is 14.0. The zero-order valence-electron chi connectivity index (χ0n) is 10.6. The molecule has 0 unspecified atom stereocenters. The Labute approximate surface area is 121 Å². The van der Waals surface area contributed by atoms with Crippen LogP contribution in [0, 0.1) is 5.82 Å². The summed E-state index contributed by atoms with van der Waals surface area (Å²) >= 11 is 6.50. The highest BCUT2D eigenvalue weighted by molar-refractivity contribution is 7.80. The van der Waals surface area contributed by atoms with Gasteiger partial charge in [-0.05, 0) is 36.6 Å². The Morgan fingerprint density at radius 2 is 2.21 bits per heavy atom. The molecule has 0 saturated carbocycles. The molecule has 0 amide bonds. The molecule has 2 aromatic rings. The Morgan fingerprint density at radius 1 is 1.42 bits per heavy atom. The second kappa shape index (κ2) is 6.12. The summed E-state index contributed by atoms with van der Waals surface area (Å²) < 4.78 is 13.9. The largest absolute Gasteiger partial charge is 0.389 e. The molecule has 0 aliphatic carbocycles. The molecular weight excluding hydrogens is 279 g/mol. The fourth-order valence-corrected chi connectivity index (χ4v) is 2.76. The van der Waals surface area contributed by atoms with Crippen LogP contribution in [0.3, 0.4) is 0 Å². The van der Waals surface area contributed by atoms with Crippen LogP contribution in [0.25, 0.3) is 0 Å². The molecule has 0 spiro atoms. The summed E-state index contributed by atoms with van der Waals surface area (Å²) in [5.74, 6) is -0.366. The minimum atomic E-state index is -0.366. The highest BCUT2D eigenvalue weighted by Crippen LogP contribution is 2.22. The van der Waals surface area contributed by atoms with Crippen molar-refractivity contribution in [3.63, 3.8) is 0 Å². The van der Waals surface area contributed by atoms with Gasteiger partial charge >= 0.3 is 0 Å². The zero-order valence-corrected chi connectivity index (χ0v) is 12.2. The van der Waals surface area contributed by atoms with Gasteiger partial charge in [-0.1, -0.05) is 18.3 Å². The molecule has 2 rings (SSSR count). The topological polar surface area (TPSA) is 29.3 Å². The van der Waals surface area contributed by atoms with Gasteiger partial charge in [0.2, 0.25) is 0 Å². The van der Waals surface area contributed by atoms with Gasteiger partial charge in [-0.3, -0.25) is 0 Å². The lowest BCUT2D eigenvalue weighted by molar-refractivity contribution is 0.624. The van der Waals surface area contributed by atoms with E-state index < -0.39 is 0 Å². The van der Waals surface area contributed by atoms with Crippen LogP contribution < -0.4 is 10.6 Å². The highest BCUT2D eigenvalue weighted by Gasteiger charge is 2.10. The van der Waals surface area contributed by atoms with Crippen molar-refractivity contribution in [2.45, 2.75) is 13.5 Å². The van der Waals surface area contributed by atoms with E-state index in [1.165, 1.54) is 10.9 Å². The molecule has 2 N–H and O–H groups in total. The molecule has 0 bridgehead atoms. The van der Waals surface area contributed by atoms with Crippen LogP contribution in [0.15, 0.2) is 35.7 Å². The Kier molecular flexibility index (Phi) is 4.50. The van der Waals surface area contributed by atoms with Crippen LogP contribution >= 0.6 is 23.6 Å². The summed E-state index contributed by atoms with van der Waals surface area (Å²) in [6, 6.07) is 9.09. The van der Waals surface area contributed by atoms with Crippen LogP contribution in [-0.4, -0.2) is 11.5 Å². The molecule has 0 atom stereocenters. The molecule has 0 radical (unpaired) electrons. The first-order valence-electron chi connectivity index (χ1n) is 5.98. The second-order valence-corrected chi connectivity index (χ2v) is 5.59. The van der Waals surface area contributed by atoms with Crippen molar-refractivity contribution >= 4 is 34.2 Å². The van der Waals surface area contributed by atoms with Crippen molar-refractivity contribution in [3.8, 4) is 0 Å². The lowest BCUT2D eigenvalue weighted by atomic mass is 10.1. The summed E-state index contributed by atoms with van der Waals surface area (Å²) in [6.07, 6.45) is 0. The van der Waals surface area contributed by atoms with Gasteiger partial charge in [0.1, 0.15) is 10.8 Å². The predicted molar refractivity (Wildman–Crippen MR) is 83.3 cm³/mol. The Balaban J connectivity index is 2.23. The number of thiocarbonyl (C=S) groups is 1. The Hall–Kier alpha value is -1.46. The van der Waals surface area contributed by atoms with Gasteiger partial charge in [-0.15, -0.1) is 11.3 Å². The molecule has 100 valence electrons. The maximum Gasteiger partial charge on any atom is 0.135 e. The van der Waals surface area contributed by atoms with Crippen LogP contribution in [0.2, 0.25) is 0 Å². The normalized spacial score (nSPS) is 10.4. The first-order valence-corrected chi connectivity index (χ1v) is 7.27. The van der Waals surface area contributed by atoms with Crippen molar-refractivity contribution in [2.24, 2.45) is 5.73 Å². The van der Waals surface area contributed by atoms with Gasteiger partial charge in [-0.25, -0.2) is 4.39 Å². The smallest absolute Gasteiger partial charge is 0.135 e. The molecule has 1 aromatic carbocycles. The lowest BCUT2D eigenvalue weighted by Gasteiger charge is -2.23. The molecule has 19 heavy (non-hydrogen) atoms. The van der Waals surface area contributed by atoms with Gasteiger partial charge in [0, 0.05) is 22.7 Å². The fraction of sp³-hybridized carbons (Fsp3) is 0.214. The van der Waals surface area contributed by atoms with Crippen molar-refractivity contribution in [1.29, 1.82) is 0 Å². The predicted octanol–water partition coefficient (Wildman–Crippen LogP) is 3.55. The van der Waals surface area contributed by atoms with E-state index in [2.05, 4.69) is 11.0 Å². The third-order valence-electron chi connectivity index (χ3n) is 2.89. The van der Waals surface area contributed by atoms with E-state index in [4.69, 9.17) is 18.0 Å². The number of nitrogens with zero attached hydrogens (tertiary/aromatic N) is 1. The molecule has 5 heteroatoms. The SMILES string of the molecule is CCN(Cc1cccs1)c1ccc(C(N)=S)c(F)c1. The minimum absolute atomic E-state index is 0.0883. The fourth-order valence-electron chi connectivity index (χ4n) is 1.88. The van der Waals surface area contributed by atoms with Crippen molar-refractivity contribution < 1.29 is 4.39 Å². The number of nitrogens with two attached hydrogens (primary N) is 1. The molecule has 0 fully saturated rings. The van der Waals surface area contributed by atoms with E-state index in [1.54, 1.807) is 17.4 Å². The average molecular weight is 294 g/mol. The van der Waals surface area contributed by atoms with Crippen LogP contribution in [0.5, 0.6) is 0 Å². The maximum atomic E-state index is 13.9. The summed E-state index contributed by atoms with van der Waals surface area (Å²) in [7, 11) is 0. The van der Waals surface area contributed by atoms with E-state index in [9.17, 15) is 4.39 Å². The molecule has 1 aromatic heterocycles. The first-order chi connectivity index (χ1) is 9.11. The van der Waals surface area contributed by atoms with Gasteiger partial charge < -0.3 is 10.6 Å². The number of anilines is 1. The zero-order chi connectivity index (χ0) is 13.8. The van der Waals surface area contributed by atoms with Gasteiger partial charge in [0.05, 0.1) is 6.54 Å². The molecular formula is C14H15FN2S2. The monoisotopic (exact) mass is 294 g/mol. The van der Waals surface area contributed by atoms with Gasteiger partial charge in [0.25, 0.3) is 0 Å². The quantitative estimate of drug-likeness (QED) is 0.855. The maximum absolute atomic E-state index is 13.9. The number of hydrogen-bond acceptors (Lipinski definition) is 3. The molecule has 0 saturated heterocycles. The summed E-state index contributed by atoms with van der Waals surface area (Å²) in [5.41, 5.74) is 6.60. The number of hydrogen-bond donors (Lipinski definition) is 1. The minimum Gasteiger partial charge on any atom is -0.389 e.